The molecular weight excluding hydrogens is 877 g/mol. The molecule has 8 aromatic rings. The lowest BCUT2D eigenvalue weighted by Gasteiger charge is -2.22. The number of nitrogens with zero attached hydrogens (tertiary/aromatic N) is 10. The van der Waals surface area contributed by atoms with Crippen LogP contribution in [0.25, 0.3) is 43.8 Å². The number of fused-ring (bicyclic) bond motifs is 2. The van der Waals surface area contributed by atoms with Crippen molar-refractivity contribution < 1.29 is 9.59 Å². The minimum Gasteiger partial charge on any atom is -0.398 e. The molecule has 8 heterocycles. The molecule has 2 saturated carbocycles. The molecule has 4 atom stereocenters. The number of benzene rings is 2. The van der Waals surface area contributed by atoms with Gasteiger partial charge in [-0.1, -0.05) is 0 Å². The summed E-state index contributed by atoms with van der Waals surface area (Å²) in [5, 5.41) is 18.1. The number of carbonyl (C=O) groups is 2. The fourth-order valence-electron chi connectivity index (χ4n) is 10.5. The molecule has 2 amide bonds. The Morgan fingerprint density at radius 2 is 0.986 bits per heavy atom. The highest BCUT2D eigenvalue weighted by atomic mass is 16.2. The number of carbonyl (C=O) groups excluding carboxylic acids is 2. The SMILES string of the molecule is Cc1ccnc(N2CCCC2)c1-c1cc(N)c2cnc(NC(=O)[C@@H]3C[C@H]3c3cnn(C)c3)cc2c1.Cc1ccnc(N2CCCC2)c1-c1cc(N)c2cnc(NC(=O)[C@H]3C[C@@H]3c3cnn(C)c3)cc2c1. The zero-order valence-electron chi connectivity index (χ0n) is 40.1. The molecule has 4 fully saturated rings. The first-order valence-electron chi connectivity index (χ1n) is 24.3. The molecular formula is C54H58N14O2. The van der Waals surface area contributed by atoms with E-state index in [-0.39, 0.29) is 35.5 Å². The zero-order valence-corrected chi connectivity index (χ0v) is 40.1. The van der Waals surface area contributed by atoms with Gasteiger partial charge >= 0.3 is 0 Å². The lowest BCUT2D eigenvalue weighted by atomic mass is 9.97. The van der Waals surface area contributed by atoms with Crippen molar-refractivity contribution in [1.29, 1.82) is 0 Å². The van der Waals surface area contributed by atoms with Crippen LogP contribution < -0.4 is 31.9 Å². The van der Waals surface area contributed by atoms with E-state index in [9.17, 15) is 9.59 Å². The van der Waals surface area contributed by atoms with Crippen LogP contribution in [0.3, 0.4) is 0 Å². The third-order valence-electron chi connectivity index (χ3n) is 14.5. The number of amides is 2. The van der Waals surface area contributed by atoms with E-state index in [4.69, 9.17) is 21.4 Å². The smallest absolute Gasteiger partial charge is 0.229 e. The summed E-state index contributed by atoms with van der Waals surface area (Å²) in [6, 6.07) is 16.2. The molecule has 2 saturated heterocycles. The van der Waals surface area contributed by atoms with Crippen molar-refractivity contribution in [3.05, 3.63) is 120 Å². The Hall–Kier alpha value is -7.88. The van der Waals surface area contributed by atoms with Crippen molar-refractivity contribution in [2.75, 3.05) is 58.1 Å². The Labute approximate surface area is 406 Å². The van der Waals surface area contributed by atoms with Gasteiger partial charge in [0.1, 0.15) is 23.3 Å². The largest absolute Gasteiger partial charge is 0.398 e. The first-order chi connectivity index (χ1) is 33.9. The molecule has 0 radical (unpaired) electrons. The van der Waals surface area contributed by atoms with Gasteiger partial charge in [0.15, 0.2) is 0 Å². The molecule has 6 N–H and O–H groups in total. The molecule has 2 aromatic carbocycles. The van der Waals surface area contributed by atoms with Crippen LogP contribution in [0.5, 0.6) is 0 Å². The van der Waals surface area contributed by atoms with E-state index >= 15 is 0 Å². The second-order valence-corrected chi connectivity index (χ2v) is 19.5. The Kier molecular flexibility index (Phi) is 11.6. The predicted molar refractivity (Wildman–Crippen MR) is 277 cm³/mol. The quantitative estimate of drug-likeness (QED) is 0.0954. The van der Waals surface area contributed by atoms with Gasteiger partial charge in [-0.3, -0.25) is 19.0 Å². The average molecular weight is 935 g/mol. The van der Waals surface area contributed by atoms with Crippen LogP contribution in [0.4, 0.5) is 34.6 Å². The molecule has 6 aromatic heterocycles. The Balaban J connectivity index is 0.000000152. The zero-order chi connectivity index (χ0) is 48.2. The summed E-state index contributed by atoms with van der Waals surface area (Å²) in [5.41, 5.74) is 23.1. The highest BCUT2D eigenvalue weighted by Gasteiger charge is 2.45. The van der Waals surface area contributed by atoms with Gasteiger partial charge in [0.05, 0.1) is 12.4 Å². The number of aromatic nitrogens is 8. The summed E-state index contributed by atoms with van der Waals surface area (Å²) in [6.07, 6.45) is 21.3. The minimum absolute atomic E-state index is 0.00532. The average Bonchev–Trinajstić information content (AvgIpc) is 3.90. The van der Waals surface area contributed by atoms with Crippen LogP contribution in [0, 0.1) is 25.7 Å². The Morgan fingerprint density at radius 3 is 1.37 bits per heavy atom. The first kappa shape index (κ1) is 44.6. The van der Waals surface area contributed by atoms with Crippen LogP contribution in [-0.4, -0.2) is 77.5 Å². The van der Waals surface area contributed by atoms with Crippen molar-refractivity contribution in [2.24, 2.45) is 25.9 Å². The van der Waals surface area contributed by atoms with Crippen molar-refractivity contribution >= 4 is 68.0 Å². The Morgan fingerprint density at radius 1 is 0.571 bits per heavy atom. The lowest BCUT2D eigenvalue weighted by molar-refractivity contribution is -0.118. The van der Waals surface area contributed by atoms with Gasteiger partial charge in [0.2, 0.25) is 11.8 Å². The molecule has 16 heteroatoms. The van der Waals surface area contributed by atoms with Gasteiger partial charge < -0.3 is 31.9 Å². The van der Waals surface area contributed by atoms with E-state index in [1.165, 1.54) is 36.8 Å². The number of nitrogen functional groups attached to an aromatic ring is 2. The van der Waals surface area contributed by atoms with E-state index in [0.717, 1.165) is 106 Å². The van der Waals surface area contributed by atoms with Gasteiger partial charge in [-0.15, -0.1) is 0 Å². The lowest BCUT2D eigenvalue weighted by Crippen LogP contribution is -2.20. The maximum atomic E-state index is 12.9. The second-order valence-electron chi connectivity index (χ2n) is 19.5. The number of hydrogen-bond acceptors (Lipinski definition) is 12. The van der Waals surface area contributed by atoms with E-state index < -0.39 is 0 Å². The van der Waals surface area contributed by atoms with Gasteiger partial charge in [-0.2, -0.15) is 10.2 Å². The molecule has 0 bridgehead atoms. The molecule has 2 aliphatic carbocycles. The van der Waals surface area contributed by atoms with Gasteiger partial charge in [-0.05, 0) is 157 Å². The molecule has 12 rings (SSSR count). The summed E-state index contributed by atoms with van der Waals surface area (Å²) in [5.74, 6) is 3.45. The fraction of sp³-hybridized carbons (Fsp3) is 0.333. The number of pyridine rings is 4. The molecule has 356 valence electrons. The van der Waals surface area contributed by atoms with Crippen LogP contribution in [0.1, 0.15) is 72.6 Å². The predicted octanol–water partition coefficient (Wildman–Crippen LogP) is 8.53. The third-order valence-corrected chi connectivity index (χ3v) is 14.5. The minimum atomic E-state index is -0.0471. The number of nitrogens with one attached hydrogen (secondary N) is 2. The molecule has 70 heavy (non-hydrogen) atoms. The van der Waals surface area contributed by atoms with Gasteiger partial charge in [0.25, 0.3) is 0 Å². The summed E-state index contributed by atoms with van der Waals surface area (Å²) in [6.45, 7) is 8.32. The van der Waals surface area contributed by atoms with E-state index in [1.807, 2.05) is 87.7 Å². The maximum Gasteiger partial charge on any atom is 0.229 e. The number of anilines is 6. The van der Waals surface area contributed by atoms with Gasteiger partial charge in [-0.25, -0.2) is 19.9 Å². The number of nitrogens with two attached hydrogens (primary N) is 2. The van der Waals surface area contributed by atoms with Crippen LogP contribution in [0.2, 0.25) is 0 Å². The number of hydrogen-bond donors (Lipinski definition) is 4. The summed E-state index contributed by atoms with van der Waals surface area (Å²) < 4.78 is 3.54. The summed E-state index contributed by atoms with van der Waals surface area (Å²) >= 11 is 0. The van der Waals surface area contributed by atoms with Crippen LogP contribution in [-0.2, 0) is 23.7 Å². The van der Waals surface area contributed by atoms with E-state index in [0.29, 0.717) is 23.0 Å². The van der Waals surface area contributed by atoms with Crippen molar-refractivity contribution in [3.63, 3.8) is 0 Å². The molecule has 0 unspecified atom stereocenters. The monoisotopic (exact) mass is 934 g/mol. The van der Waals surface area contributed by atoms with Crippen molar-refractivity contribution in [1.82, 2.24) is 39.5 Å². The highest BCUT2D eigenvalue weighted by Crippen LogP contribution is 2.49. The topological polar surface area (TPSA) is 204 Å². The first-order valence-corrected chi connectivity index (χ1v) is 24.3. The molecule has 2 aliphatic heterocycles. The standard InChI is InChI=1S/2C27H29N7O/c2*1-16-5-6-29-26(34-7-3-4-8-34)25(16)18-9-17-11-24(30-14-22(17)23(28)10-18)32-27(35)21-12-20(21)19-13-31-33(2)15-19/h2*5-6,9-11,13-15,20-21H,3-4,7-8,12,28H2,1-2H3,(H,30,32,35)/t2*20-,21+/m10/s1. The number of aryl methyl sites for hydroxylation is 4. The van der Waals surface area contributed by atoms with E-state index in [1.54, 1.807) is 21.8 Å². The van der Waals surface area contributed by atoms with Crippen molar-refractivity contribution in [3.8, 4) is 22.3 Å². The third kappa shape index (κ3) is 8.85. The fourth-order valence-corrected chi connectivity index (χ4v) is 10.5. The second kappa shape index (κ2) is 18.2. The number of rotatable bonds is 10. The highest BCUT2D eigenvalue weighted by molar-refractivity contribution is 6.03. The summed E-state index contributed by atoms with van der Waals surface area (Å²) in [4.78, 5) is 48.9. The Bertz CT molecular complexity index is 3090. The van der Waals surface area contributed by atoms with Crippen molar-refractivity contribution in [2.45, 2.75) is 64.2 Å². The van der Waals surface area contributed by atoms with E-state index in [2.05, 4.69) is 66.6 Å². The van der Waals surface area contributed by atoms with Crippen LogP contribution in [0.15, 0.2) is 98.1 Å². The molecule has 4 aliphatic rings. The van der Waals surface area contributed by atoms with Gasteiger partial charge in [0, 0.05) is 123 Å². The van der Waals surface area contributed by atoms with Crippen LogP contribution >= 0.6 is 0 Å². The maximum absolute atomic E-state index is 12.9. The summed E-state index contributed by atoms with van der Waals surface area (Å²) in [7, 11) is 3.78. The molecule has 0 spiro atoms. The normalized spacial score (nSPS) is 19.3. The molecule has 16 nitrogen and oxygen atoms in total.